The molecule has 1 N–H and O–H groups in total. The Balaban J connectivity index is 2.67. The van der Waals surface area contributed by atoms with Crippen molar-refractivity contribution in [3.05, 3.63) is 23.2 Å². The monoisotopic (exact) mass is 179 g/mol. The number of fused-ring (bicyclic) bond motifs is 1. The molecule has 0 aliphatic heterocycles. The summed E-state index contributed by atoms with van der Waals surface area (Å²) in [6.45, 7) is 2.08. The van der Waals surface area contributed by atoms with Gasteiger partial charge in [-0.05, 0) is 18.6 Å². The quantitative estimate of drug-likeness (QED) is 0.729. The maximum Gasteiger partial charge on any atom is 0.117 e. The summed E-state index contributed by atoms with van der Waals surface area (Å²) in [4.78, 5) is 4.35. The molecule has 0 aliphatic carbocycles. The highest BCUT2D eigenvalue weighted by Crippen LogP contribution is 2.25. The first-order valence-corrected chi connectivity index (χ1v) is 4.69. The molecule has 2 aromatic rings. The predicted molar refractivity (Wildman–Crippen MR) is 50.7 cm³/mol. The van der Waals surface area contributed by atoms with Crippen molar-refractivity contribution < 1.29 is 5.11 Å². The highest BCUT2D eigenvalue weighted by atomic mass is 32.1. The standard InChI is InChI=1S/C9H9NOS/c1-2-9-10-7-5-6(11)3-4-8(7)12-9/h3-5,11H,2H2,1H3. The average molecular weight is 179 g/mol. The Morgan fingerprint density at radius 1 is 1.50 bits per heavy atom. The Kier molecular flexibility index (Phi) is 1.73. The van der Waals surface area contributed by atoms with Crippen LogP contribution in [0.1, 0.15) is 11.9 Å². The maximum absolute atomic E-state index is 9.18. The lowest BCUT2D eigenvalue weighted by Gasteiger charge is -1.88. The number of thiazole rings is 1. The maximum atomic E-state index is 9.18. The Morgan fingerprint density at radius 2 is 2.33 bits per heavy atom. The Labute approximate surface area is 74.5 Å². The first kappa shape index (κ1) is 7.55. The van der Waals surface area contributed by atoms with Crippen LogP contribution in [0.15, 0.2) is 18.2 Å². The van der Waals surface area contributed by atoms with Crippen molar-refractivity contribution in [1.82, 2.24) is 4.98 Å². The summed E-state index contributed by atoms with van der Waals surface area (Å²) in [5.41, 5.74) is 0.900. The fourth-order valence-electron chi connectivity index (χ4n) is 1.11. The number of rotatable bonds is 1. The SMILES string of the molecule is CCc1nc2cc(O)ccc2s1. The van der Waals surface area contributed by atoms with Crippen molar-refractivity contribution in [2.75, 3.05) is 0 Å². The van der Waals surface area contributed by atoms with Gasteiger partial charge in [-0.3, -0.25) is 0 Å². The van der Waals surface area contributed by atoms with Crippen LogP contribution in [0, 0.1) is 0 Å². The number of hydrogen-bond donors (Lipinski definition) is 1. The first-order chi connectivity index (χ1) is 5.79. The molecule has 0 unspecified atom stereocenters. The van der Waals surface area contributed by atoms with E-state index in [1.807, 2.05) is 6.07 Å². The molecule has 62 valence electrons. The second kappa shape index (κ2) is 2.75. The average Bonchev–Trinajstić information content (AvgIpc) is 2.46. The molecule has 0 fully saturated rings. The zero-order valence-electron chi connectivity index (χ0n) is 6.74. The predicted octanol–water partition coefficient (Wildman–Crippen LogP) is 2.56. The molecule has 0 spiro atoms. The van der Waals surface area contributed by atoms with E-state index >= 15 is 0 Å². The zero-order chi connectivity index (χ0) is 8.55. The van der Waals surface area contributed by atoms with Crippen molar-refractivity contribution in [3.8, 4) is 5.75 Å². The number of aryl methyl sites for hydroxylation is 1. The van der Waals surface area contributed by atoms with Gasteiger partial charge < -0.3 is 5.11 Å². The summed E-state index contributed by atoms with van der Waals surface area (Å²) in [5.74, 6) is 0.287. The molecule has 0 amide bonds. The van der Waals surface area contributed by atoms with E-state index in [1.54, 1.807) is 23.5 Å². The summed E-state index contributed by atoms with van der Waals surface area (Å²) < 4.78 is 1.14. The molecule has 1 heterocycles. The van der Waals surface area contributed by atoms with Crippen molar-refractivity contribution in [2.45, 2.75) is 13.3 Å². The van der Waals surface area contributed by atoms with E-state index in [2.05, 4.69) is 11.9 Å². The van der Waals surface area contributed by atoms with E-state index in [0.717, 1.165) is 21.6 Å². The number of phenolic OH excluding ortho intramolecular Hbond substituents is 1. The van der Waals surface area contributed by atoms with E-state index in [1.165, 1.54) is 0 Å². The molecule has 3 heteroatoms. The molecule has 1 aromatic carbocycles. The molecular weight excluding hydrogens is 170 g/mol. The van der Waals surface area contributed by atoms with E-state index in [-0.39, 0.29) is 5.75 Å². The number of nitrogens with zero attached hydrogens (tertiary/aromatic N) is 1. The Bertz CT molecular complexity index is 408. The summed E-state index contributed by atoms with van der Waals surface area (Å²) >= 11 is 1.68. The van der Waals surface area contributed by atoms with Gasteiger partial charge in [0.2, 0.25) is 0 Å². The molecule has 12 heavy (non-hydrogen) atoms. The van der Waals surface area contributed by atoms with Crippen molar-refractivity contribution in [1.29, 1.82) is 0 Å². The van der Waals surface area contributed by atoms with Gasteiger partial charge in [0, 0.05) is 6.07 Å². The smallest absolute Gasteiger partial charge is 0.117 e. The molecule has 2 nitrogen and oxygen atoms in total. The van der Waals surface area contributed by atoms with Crippen LogP contribution in [-0.4, -0.2) is 10.1 Å². The topological polar surface area (TPSA) is 33.1 Å². The Hall–Kier alpha value is -1.09. The van der Waals surface area contributed by atoms with Gasteiger partial charge in [0.05, 0.1) is 15.2 Å². The fourth-order valence-corrected chi connectivity index (χ4v) is 2.00. The summed E-state index contributed by atoms with van der Waals surface area (Å²) in [7, 11) is 0. The number of benzene rings is 1. The van der Waals surface area contributed by atoms with E-state index in [9.17, 15) is 5.11 Å². The lowest BCUT2D eigenvalue weighted by atomic mass is 10.3. The van der Waals surface area contributed by atoms with Crippen molar-refractivity contribution >= 4 is 21.6 Å². The molecule has 2 rings (SSSR count). The van der Waals surface area contributed by atoms with Gasteiger partial charge in [0.15, 0.2) is 0 Å². The Morgan fingerprint density at radius 3 is 3.08 bits per heavy atom. The van der Waals surface area contributed by atoms with Gasteiger partial charge in [-0.25, -0.2) is 4.98 Å². The van der Waals surface area contributed by atoms with E-state index in [0.29, 0.717) is 0 Å². The van der Waals surface area contributed by atoms with Crippen LogP contribution in [0.5, 0.6) is 5.75 Å². The van der Waals surface area contributed by atoms with Gasteiger partial charge in [-0.1, -0.05) is 6.92 Å². The van der Waals surface area contributed by atoms with Gasteiger partial charge in [0.1, 0.15) is 5.75 Å². The summed E-state index contributed by atoms with van der Waals surface area (Å²) in [6.07, 6.45) is 0.958. The molecular formula is C9H9NOS. The lowest BCUT2D eigenvalue weighted by Crippen LogP contribution is -1.73. The summed E-state index contributed by atoms with van der Waals surface area (Å²) in [6, 6.07) is 5.30. The molecule has 0 radical (unpaired) electrons. The first-order valence-electron chi connectivity index (χ1n) is 3.88. The minimum absolute atomic E-state index is 0.287. The highest BCUT2D eigenvalue weighted by molar-refractivity contribution is 7.18. The second-order valence-electron chi connectivity index (χ2n) is 2.61. The van der Waals surface area contributed by atoms with E-state index in [4.69, 9.17) is 0 Å². The van der Waals surface area contributed by atoms with Gasteiger partial charge in [0.25, 0.3) is 0 Å². The van der Waals surface area contributed by atoms with E-state index < -0.39 is 0 Å². The molecule has 0 saturated heterocycles. The van der Waals surface area contributed by atoms with Gasteiger partial charge in [-0.2, -0.15) is 0 Å². The van der Waals surface area contributed by atoms with Crippen molar-refractivity contribution in [2.24, 2.45) is 0 Å². The second-order valence-corrected chi connectivity index (χ2v) is 3.73. The number of phenols is 1. The largest absolute Gasteiger partial charge is 0.508 e. The molecule has 0 atom stereocenters. The normalized spacial score (nSPS) is 10.8. The number of aromatic nitrogens is 1. The van der Waals surface area contributed by atoms with Crippen LogP contribution >= 0.6 is 11.3 Å². The minimum atomic E-state index is 0.287. The third kappa shape index (κ3) is 1.16. The van der Waals surface area contributed by atoms with Crippen molar-refractivity contribution in [3.63, 3.8) is 0 Å². The number of hydrogen-bond acceptors (Lipinski definition) is 3. The van der Waals surface area contributed by atoms with Crippen LogP contribution < -0.4 is 0 Å². The lowest BCUT2D eigenvalue weighted by molar-refractivity contribution is 0.476. The van der Waals surface area contributed by atoms with Crippen LogP contribution in [0.2, 0.25) is 0 Å². The van der Waals surface area contributed by atoms with Gasteiger partial charge >= 0.3 is 0 Å². The van der Waals surface area contributed by atoms with Crippen LogP contribution in [-0.2, 0) is 6.42 Å². The zero-order valence-corrected chi connectivity index (χ0v) is 7.56. The van der Waals surface area contributed by atoms with Crippen LogP contribution in [0.25, 0.3) is 10.2 Å². The number of aromatic hydroxyl groups is 1. The molecule has 0 saturated carbocycles. The molecule has 1 aromatic heterocycles. The minimum Gasteiger partial charge on any atom is -0.508 e. The van der Waals surface area contributed by atoms with Crippen LogP contribution in [0.3, 0.4) is 0 Å². The van der Waals surface area contributed by atoms with Crippen LogP contribution in [0.4, 0.5) is 0 Å². The third-order valence-electron chi connectivity index (χ3n) is 1.72. The molecule has 0 aliphatic rings. The fraction of sp³-hybridized carbons (Fsp3) is 0.222. The third-order valence-corrected chi connectivity index (χ3v) is 2.90. The van der Waals surface area contributed by atoms with Gasteiger partial charge in [-0.15, -0.1) is 11.3 Å². The molecule has 0 bridgehead atoms. The summed E-state index contributed by atoms with van der Waals surface area (Å²) in [5, 5.41) is 10.3. The highest BCUT2D eigenvalue weighted by Gasteiger charge is 2.01.